The van der Waals surface area contributed by atoms with E-state index in [2.05, 4.69) is 5.32 Å². The molecule has 28 heavy (non-hydrogen) atoms. The van der Waals surface area contributed by atoms with Crippen LogP contribution in [0.25, 0.3) is 0 Å². The first-order chi connectivity index (χ1) is 13.2. The maximum absolute atomic E-state index is 12.8. The van der Waals surface area contributed by atoms with Gasteiger partial charge in [0.15, 0.2) is 0 Å². The van der Waals surface area contributed by atoms with Gasteiger partial charge in [-0.05, 0) is 61.2 Å². The zero-order valence-electron chi connectivity index (χ0n) is 17.0. The van der Waals surface area contributed by atoms with Crippen LogP contribution in [0.2, 0.25) is 0 Å². The van der Waals surface area contributed by atoms with E-state index in [1.54, 1.807) is 25.3 Å². The first-order valence-electron chi connectivity index (χ1n) is 9.16. The zero-order chi connectivity index (χ0) is 20.9. The van der Waals surface area contributed by atoms with E-state index in [1.807, 2.05) is 45.0 Å². The van der Waals surface area contributed by atoms with Crippen LogP contribution < -0.4 is 10.1 Å². The summed E-state index contributed by atoms with van der Waals surface area (Å²) in [4.78, 5) is 12.7. The SMILES string of the molecule is CCC(NC(=O)CN(C)S(=O)(=O)c1ccc(C)c(C)c1)c1ccc(OC)cc1. The smallest absolute Gasteiger partial charge is 0.243 e. The molecule has 6 nitrogen and oxygen atoms in total. The monoisotopic (exact) mass is 404 g/mol. The minimum absolute atomic E-state index is 0.188. The highest BCUT2D eigenvalue weighted by molar-refractivity contribution is 7.89. The van der Waals surface area contributed by atoms with Crippen LogP contribution in [-0.2, 0) is 14.8 Å². The van der Waals surface area contributed by atoms with Crippen molar-refractivity contribution in [3.8, 4) is 5.75 Å². The van der Waals surface area contributed by atoms with Gasteiger partial charge in [0.1, 0.15) is 5.75 Å². The van der Waals surface area contributed by atoms with E-state index in [0.29, 0.717) is 6.42 Å². The normalized spacial score (nSPS) is 12.6. The number of hydrogen-bond acceptors (Lipinski definition) is 4. The van der Waals surface area contributed by atoms with Crippen molar-refractivity contribution in [1.82, 2.24) is 9.62 Å². The molecule has 7 heteroatoms. The minimum Gasteiger partial charge on any atom is -0.497 e. The number of likely N-dealkylation sites (N-methyl/N-ethyl adjacent to an activating group) is 1. The summed E-state index contributed by atoms with van der Waals surface area (Å²) in [7, 11) is -0.721. The Balaban J connectivity index is 2.08. The lowest BCUT2D eigenvalue weighted by molar-refractivity contribution is -0.121. The molecule has 0 fully saturated rings. The number of nitrogens with one attached hydrogen (secondary N) is 1. The van der Waals surface area contributed by atoms with Gasteiger partial charge >= 0.3 is 0 Å². The lowest BCUT2D eigenvalue weighted by Gasteiger charge is -2.21. The van der Waals surface area contributed by atoms with E-state index in [0.717, 1.165) is 26.7 Å². The molecule has 0 heterocycles. The Morgan fingerprint density at radius 2 is 1.75 bits per heavy atom. The molecule has 0 radical (unpaired) electrons. The van der Waals surface area contributed by atoms with Crippen LogP contribution in [-0.4, -0.2) is 39.3 Å². The van der Waals surface area contributed by atoms with Crippen LogP contribution in [0, 0.1) is 13.8 Å². The molecule has 0 saturated heterocycles. The molecule has 1 unspecified atom stereocenters. The van der Waals surface area contributed by atoms with Gasteiger partial charge in [0, 0.05) is 7.05 Å². The van der Waals surface area contributed by atoms with Gasteiger partial charge in [-0.2, -0.15) is 4.31 Å². The van der Waals surface area contributed by atoms with E-state index in [1.165, 1.54) is 7.05 Å². The van der Waals surface area contributed by atoms with Crippen molar-refractivity contribution in [2.45, 2.75) is 38.1 Å². The van der Waals surface area contributed by atoms with Crippen molar-refractivity contribution < 1.29 is 17.9 Å². The molecule has 152 valence electrons. The number of ether oxygens (including phenoxy) is 1. The highest BCUT2D eigenvalue weighted by Gasteiger charge is 2.24. The minimum atomic E-state index is -3.73. The van der Waals surface area contributed by atoms with Crippen molar-refractivity contribution in [2.75, 3.05) is 20.7 Å². The second kappa shape index (κ2) is 9.21. The van der Waals surface area contributed by atoms with Crippen LogP contribution in [0.15, 0.2) is 47.4 Å². The van der Waals surface area contributed by atoms with Gasteiger partial charge < -0.3 is 10.1 Å². The first-order valence-corrected chi connectivity index (χ1v) is 10.6. The highest BCUT2D eigenvalue weighted by atomic mass is 32.2. The summed E-state index contributed by atoms with van der Waals surface area (Å²) in [5.74, 6) is 0.390. The molecule has 0 bridgehead atoms. The third-order valence-corrected chi connectivity index (χ3v) is 6.61. The zero-order valence-corrected chi connectivity index (χ0v) is 17.8. The Morgan fingerprint density at radius 3 is 2.29 bits per heavy atom. The molecule has 1 N–H and O–H groups in total. The molecular formula is C21H28N2O4S. The number of sulfonamides is 1. The average molecular weight is 405 g/mol. The largest absolute Gasteiger partial charge is 0.497 e. The van der Waals surface area contributed by atoms with Crippen LogP contribution in [0.5, 0.6) is 5.75 Å². The van der Waals surface area contributed by atoms with Gasteiger partial charge in [0.2, 0.25) is 15.9 Å². The fourth-order valence-corrected chi connectivity index (χ4v) is 4.05. The molecule has 2 rings (SSSR count). The Morgan fingerprint density at radius 1 is 1.11 bits per heavy atom. The fraction of sp³-hybridized carbons (Fsp3) is 0.381. The van der Waals surface area contributed by atoms with E-state index in [-0.39, 0.29) is 23.4 Å². The van der Waals surface area contributed by atoms with Gasteiger partial charge in [-0.15, -0.1) is 0 Å². The van der Waals surface area contributed by atoms with E-state index in [4.69, 9.17) is 4.74 Å². The molecule has 0 spiro atoms. The molecule has 1 amide bonds. The summed E-state index contributed by atoms with van der Waals surface area (Å²) >= 11 is 0. The number of benzene rings is 2. The maximum atomic E-state index is 12.8. The predicted molar refractivity (Wildman–Crippen MR) is 110 cm³/mol. The lowest BCUT2D eigenvalue weighted by atomic mass is 10.0. The summed E-state index contributed by atoms with van der Waals surface area (Å²) in [6, 6.07) is 12.2. The van der Waals surface area contributed by atoms with Gasteiger partial charge in [-0.3, -0.25) is 4.79 Å². The molecular weight excluding hydrogens is 376 g/mol. The van der Waals surface area contributed by atoms with Crippen LogP contribution in [0.3, 0.4) is 0 Å². The topological polar surface area (TPSA) is 75.7 Å². The number of carbonyl (C=O) groups excluding carboxylic acids is 1. The summed E-state index contributed by atoms with van der Waals surface area (Å²) in [5, 5.41) is 2.91. The predicted octanol–water partition coefficient (Wildman–Crippen LogP) is 3.20. The van der Waals surface area contributed by atoms with Crippen molar-refractivity contribution >= 4 is 15.9 Å². The standard InChI is InChI=1S/C21H28N2O4S/c1-6-20(17-8-10-18(27-5)11-9-17)22-21(24)14-23(4)28(25,26)19-12-7-15(2)16(3)13-19/h7-13,20H,6,14H2,1-5H3,(H,22,24). The summed E-state index contributed by atoms with van der Waals surface area (Å²) in [6.45, 7) is 5.50. The molecule has 2 aromatic rings. The van der Waals surface area contributed by atoms with Gasteiger partial charge in [-0.1, -0.05) is 25.1 Å². The van der Waals surface area contributed by atoms with Crippen molar-refractivity contribution in [2.24, 2.45) is 0 Å². The van der Waals surface area contributed by atoms with Crippen LogP contribution >= 0.6 is 0 Å². The van der Waals surface area contributed by atoms with E-state index in [9.17, 15) is 13.2 Å². The fourth-order valence-electron chi connectivity index (χ4n) is 2.84. The molecule has 0 saturated carbocycles. The number of methoxy groups -OCH3 is 1. The van der Waals surface area contributed by atoms with Gasteiger partial charge in [-0.25, -0.2) is 8.42 Å². The Bertz CT molecular complexity index is 924. The molecule has 0 aliphatic carbocycles. The number of hydrogen-bond donors (Lipinski definition) is 1. The highest BCUT2D eigenvalue weighted by Crippen LogP contribution is 2.21. The third kappa shape index (κ3) is 5.11. The number of carbonyl (C=O) groups is 1. The maximum Gasteiger partial charge on any atom is 0.243 e. The van der Waals surface area contributed by atoms with E-state index >= 15 is 0 Å². The number of nitrogens with zero attached hydrogens (tertiary/aromatic N) is 1. The van der Waals surface area contributed by atoms with Gasteiger partial charge in [0.25, 0.3) is 0 Å². The molecule has 0 aromatic heterocycles. The Kier molecular flexibility index (Phi) is 7.21. The van der Waals surface area contributed by atoms with Crippen molar-refractivity contribution in [3.63, 3.8) is 0 Å². The number of aryl methyl sites for hydroxylation is 2. The van der Waals surface area contributed by atoms with Gasteiger partial charge in [0.05, 0.1) is 24.6 Å². The summed E-state index contributed by atoms with van der Waals surface area (Å²) < 4.78 is 31.7. The second-order valence-corrected chi connectivity index (χ2v) is 8.85. The second-order valence-electron chi connectivity index (χ2n) is 6.81. The molecule has 0 aliphatic heterocycles. The number of rotatable bonds is 8. The molecule has 0 aliphatic rings. The van der Waals surface area contributed by atoms with Crippen LogP contribution in [0.4, 0.5) is 0 Å². The Hall–Kier alpha value is -2.38. The average Bonchev–Trinajstić information content (AvgIpc) is 2.68. The van der Waals surface area contributed by atoms with Crippen molar-refractivity contribution in [3.05, 3.63) is 59.2 Å². The Labute approximate surface area is 167 Å². The van der Waals surface area contributed by atoms with Crippen molar-refractivity contribution in [1.29, 1.82) is 0 Å². The van der Waals surface area contributed by atoms with E-state index < -0.39 is 10.0 Å². The summed E-state index contributed by atoms with van der Waals surface area (Å²) in [6.07, 6.45) is 0.686. The summed E-state index contributed by atoms with van der Waals surface area (Å²) in [5.41, 5.74) is 2.85. The molecule has 2 aromatic carbocycles. The third-order valence-electron chi connectivity index (χ3n) is 4.81. The van der Waals surface area contributed by atoms with Crippen LogP contribution in [0.1, 0.15) is 36.1 Å². The molecule has 1 atom stereocenters. The number of amides is 1. The first kappa shape index (κ1) is 21.9. The quantitative estimate of drug-likeness (QED) is 0.733. The lowest BCUT2D eigenvalue weighted by Crippen LogP contribution is -2.39.